The average molecular weight is 207 g/mol. The Morgan fingerprint density at radius 1 is 1.40 bits per heavy atom. The molecule has 1 aromatic rings. The highest BCUT2D eigenvalue weighted by Gasteiger charge is 2.13. The van der Waals surface area contributed by atoms with Gasteiger partial charge in [-0.25, -0.2) is 4.68 Å². The van der Waals surface area contributed by atoms with Crippen LogP contribution in [0.2, 0.25) is 0 Å². The SMILES string of the molecule is O=CCn1ncc(N2CCCC2)cc1=O. The van der Waals surface area contributed by atoms with Gasteiger partial charge in [-0.05, 0) is 12.8 Å². The number of hydrogen-bond donors (Lipinski definition) is 0. The molecule has 0 amide bonds. The van der Waals surface area contributed by atoms with E-state index in [0.717, 1.165) is 36.3 Å². The van der Waals surface area contributed by atoms with Crippen LogP contribution >= 0.6 is 0 Å². The molecule has 15 heavy (non-hydrogen) atoms. The maximum Gasteiger partial charge on any atom is 0.269 e. The molecule has 0 atom stereocenters. The van der Waals surface area contributed by atoms with Gasteiger partial charge >= 0.3 is 0 Å². The van der Waals surface area contributed by atoms with Crippen LogP contribution in [0.4, 0.5) is 5.69 Å². The molecular weight excluding hydrogens is 194 g/mol. The molecule has 1 aliphatic rings. The first-order chi connectivity index (χ1) is 7.31. The molecular formula is C10H13N3O2. The zero-order chi connectivity index (χ0) is 10.7. The molecule has 1 fully saturated rings. The Hall–Kier alpha value is -1.65. The van der Waals surface area contributed by atoms with Gasteiger partial charge in [-0.1, -0.05) is 0 Å². The van der Waals surface area contributed by atoms with Gasteiger partial charge in [0.2, 0.25) is 0 Å². The summed E-state index contributed by atoms with van der Waals surface area (Å²) in [7, 11) is 0. The van der Waals surface area contributed by atoms with E-state index in [2.05, 4.69) is 10.00 Å². The maximum atomic E-state index is 11.5. The number of nitrogens with zero attached hydrogens (tertiary/aromatic N) is 3. The fraction of sp³-hybridized carbons (Fsp3) is 0.500. The van der Waals surface area contributed by atoms with Gasteiger partial charge in [0.05, 0.1) is 11.9 Å². The molecule has 0 N–H and O–H groups in total. The Labute approximate surface area is 87.3 Å². The Bertz CT molecular complexity index is 407. The van der Waals surface area contributed by atoms with Gasteiger partial charge in [-0.2, -0.15) is 5.10 Å². The fourth-order valence-corrected chi connectivity index (χ4v) is 1.78. The van der Waals surface area contributed by atoms with Gasteiger partial charge in [-0.3, -0.25) is 4.79 Å². The third kappa shape index (κ3) is 2.06. The zero-order valence-corrected chi connectivity index (χ0v) is 8.43. The lowest BCUT2D eigenvalue weighted by molar-refractivity contribution is -0.108. The number of carbonyl (C=O) groups excluding carboxylic acids is 1. The highest BCUT2D eigenvalue weighted by molar-refractivity contribution is 5.49. The van der Waals surface area contributed by atoms with Crippen LogP contribution in [-0.4, -0.2) is 29.2 Å². The van der Waals surface area contributed by atoms with E-state index in [1.54, 1.807) is 12.3 Å². The first kappa shape index (κ1) is 9.89. The number of carbonyl (C=O) groups is 1. The van der Waals surface area contributed by atoms with Gasteiger partial charge in [-0.15, -0.1) is 0 Å². The maximum absolute atomic E-state index is 11.5. The number of aldehydes is 1. The van der Waals surface area contributed by atoms with Crippen LogP contribution < -0.4 is 10.5 Å². The van der Waals surface area contributed by atoms with Crippen LogP contribution in [0.15, 0.2) is 17.1 Å². The Morgan fingerprint density at radius 3 is 2.73 bits per heavy atom. The predicted molar refractivity (Wildman–Crippen MR) is 56.0 cm³/mol. The Morgan fingerprint density at radius 2 is 2.13 bits per heavy atom. The molecule has 0 saturated carbocycles. The van der Waals surface area contributed by atoms with Crippen LogP contribution in [-0.2, 0) is 11.3 Å². The summed E-state index contributed by atoms with van der Waals surface area (Å²) in [6, 6.07) is 1.54. The lowest BCUT2D eigenvalue weighted by Gasteiger charge is -2.16. The van der Waals surface area contributed by atoms with E-state index in [1.165, 1.54) is 0 Å². The molecule has 1 saturated heterocycles. The monoisotopic (exact) mass is 207 g/mol. The number of aromatic nitrogens is 2. The van der Waals surface area contributed by atoms with Crippen LogP contribution in [0, 0.1) is 0 Å². The van der Waals surface area contributed by atoms with Crippen LogP contribution in [0.5, 0.6) is 0 Å². The van der Waals surface area contributed by atoms with Gasteiger partial charge in [0.1, 0.15) is 12.8 Å². The molecule has 2 heterocycles. The molecule has 0 aliphatic carbocycles. The van der Waals surface area contributed by atoms with Crippen molar-refractivity contribution in [2.24, 2.45) is 0 Å². The van der Waals surface area contributed by atoms with Crippen molar-refractivity contribution in [3.05, 3.63) is 22.6 Å². The molecule has 0 unspecified atom stereocenters. The summed E-state index contributed by atoms with van der Waals surface area (Å²) in [5.41, 5.74) is 0.645. The van der Waals surface area contributed by atoms with Crippen LogP contribution in [0.1, 0.15) is 12.8 Å². The minimum absolute atomic E-state index is 0.0269. The number of hydrogen-bond acceptors (Lipinski definition) is 4. The highest BCUT2D eigenvalue weighted by Crippen LogP contribution is 2.16. The van der Waals surface area contributed by atoms with Crippen LogP contribution in [0.25, 0.3) is 0 Å². The third-order valence-electron chi connectivity index (χ3n) is 2.57. The van der Waals surface area contributed by atoms with Gasteiger partial charge < -0.3 is 9.69 Å². The summed E-state index contributed by atoms with van der Waals surface area (Å²) in [5, 5.41) is 3.94. The standard InChI is InChI=1S/C10H13N3O2/c14-6-5-13-10(15)7-9(8-11-13)12-3-1-2-4-12/h6-8H,1-5H2. The Balaban J connectivity index is 2.24. The summed E-state index contributed by atoms with van der Waals surface area (Å²) in [6.45, 7) is 2.00. The van der Waals surface area contributed by atoms with E-state index in [0.29, 0.717) is 6.29 Å². The van der Waals surface area contributed by atoms with Crippen LogP contribution in [0.3, 0.4) is 0 Å². The van der Waals surface area contributed by atoms with Gasteiger partial charge in [0.15, 0.2) is 0 Å². The summed E-state index contributed by atoms with van der Waals surface area (Å²) in [6.07, 6.45) is 4.65. The van der Waals surface area contributed by atoms with E-state index in [4.69, 9.17) is 0 Å². The first-order valence-electron chi connectivity index (χ1n) is 5.07. The van der Waals surface area contributed by atoms with E-state index in [1.807, 2.05) is 0 Å². The summed E-state index contributed by atoms with van der Waals surface area (Å²) < 4.78 is 1.16. The van der Waals surface area contributed by atoms with Crippen molar-refractivity contribution in [1.82, 2.24) is 9.78 Å². The molecule has 0 radical (unpaired) electrons. The summed E-state index contributed by atoms with van der Waals surface area (Å²) in [4.78, 5) is 23.9. The van der Waals surface area contributed by atoms with Gasteiger partial charge in [0.25, 0.3) is 5.56 Å². The average Bonchev–Trinajstić information content (AvgIpc) is 2.74. The third-order valence-corrected chi connectivity index (χ3v) is 2.57. The second-order valence-electron chi connectivity index (χ2n) is 3.59. The van der Waals surface area contributed by atoms with Crippen molar-refractivity contribution in [3.8, 4) is 0 Å². The molecule has 1 aromatic heterocycles. The first-order valence-corrected chi connectivity index (χ1v) is 5.07. The predicted octanol–water partition coefficient (Wildman–Crippen LogP) is 0.0424. The van der Waals surface area contributed by atoms with E-state index in [9.17, 15) is 9.59 Å². The normalized spacial score (nSPS) is 15.6. The second-order valence-corrected chi connectivity index (χ2v) is 3.59. The number of anilines is 1. The van der Waals surface area contributed by atoms with Gasteiger partial charge in [0, 0.05) is 19.2 Å². The van der Waals surface area contributed by atoms with E-state index < -0.39 is 0 Å². The summed E-state index contributed by atoms with van der Waals surface area (Å²) in [5.74, 6) is 0. The molecule has 5 heteroatoms. The molecule has 80 valence electrons. The molecule has 0 aromatic carbocycles. The quantitative estimate of drug-likeness (QED) is 0.657. The Kier molecular flexibility index (Phi) is 2.80. The summed E-state index contributed by atoms with van der Waals surface area (Å²) >= 11 is 0. The van der Waals surface area contributed by atoms with Crippen molar-refractivity contribution in [1.29, 1.82) is 0 Å². The van der Waals surface area contributed by atoms with Crippen molar-refractivity contribution in [2.45, 2.75) is 19.4 Å². The smallest absolute Gasteiger partial charge is 0.269 e. The second kappa shape index (κ2) is 4.25. The lowest BCUT2D eigenvalue weighted by atomic mass is 10.4. The van der Waals surface area contributed by atoms with Crippen molar-refractivity contribution >= 4 is 12.0 Å². The largest absolute Gasteiger partial charge is 0.370 e. The highest BCUT2D eigenvalue weighted by atomic mass is 16.1. The molecule has 2 rings (SSSR count). The van der Waals surface area contributed by atoms with E-state index in [-0.39, 0.29) is 12.1 Å². The zero-order valence-electron chi connectivity index (χ0n) is 8.43. The lowest BCUT2D eigenvalue weighted by Crippen LogP contribution is -2.26. The molecule has 1 aliphatic heterocycles. The fourth-order valence-electron chi connectivity index (χ4n) is 1.78. The van der Waals surface area contributed by atoms with E-state index >= 15 is 0 Å². The van der Waals surface area contributed by atoms with Crippen molar-refractivity contribution < 1.29 is 4.79 Å². The van der Waals surface area contributed by atoms with Crippen molar-refractivity contribution in [2.75, 3.05) is 18.0 Å². The molecule has 0 spiro atoms. The minimum atomic E-state index is -0.216. The minimum Gasteiger partial charge on any atom is -0.370 e. The van der Waals surface area contributed by atoms with Crippen molar-refractivity contribution in [3.63, 3.8) is 0 Å². The number of rotatable bonds is 3. The molecule has 0 bridgehead atoms. The molecule has 5 nitrogen and oxygen atoms in total. The topological polar surface area (TPSA) is 55.2 Å².